The van der Waals surface area contributed by atoms with Crippen molar-refractivity contribution in [2.45, 2.75) is 13.3 Å². The molecule has 0 unspecified atom stereocenters. The zero-order valence-corrected chi connectivity index (χ0v) is 14.5. The summed E-state index contributed by atoms with van der Waals surface area (Å²) in [6.45, 7) is 1.86. The van der Waals surface area contributed by atoms with E-state index in [4.69, 9.17) is 9.47 Å². The second kappa shape index (κ2) is 7.21. The van der Waals surface area contributed by atoms with Crippen LogP contribution in [-0.2, 0) is 4.79 Å². The second-order valence-electron chi connectivity index (χ2n) is 5.76. The molecular formula is C20H20N2O3. The summed E-state index contributed by atoms with van der Waals surface area (Å²) in [7, 11) is 3.24. The summed E-state index contributed by atoms with van der Waals surface area (Å²) in [6.07, 6.45) is 4.40. The number of anilines is 1. The van der Waals surface area contributed by atoms with Crippen LogP contribution in [0, 0.1) is 0 Å². The Balaban J connectivity index is 1.75. The average Bonchev–Trinajstić information content (AvgIpc) is 2.98. The van der Waals surface area contributed by atoms with Crippen molar-refractivity contribution in [3.8, 4) is 11.5 Å². The van der Waals surface area contributed by atoms with Gasteiger partial charge in [-0.3, -0.25) is 4.79 Å². The SMILES string of the molecule is COc1ccc(C=Cc2ccc(N3N=C(C)CC3=O)cc2)cc1OC. The third kappa shape index (κ3) is 3.71. The maximum Gasteiger partial charge on any atom is 0.253 e. The molecule has 5 nitrogen and oxygen atoms in total. The number of hydrogen-bond acceptors (Lipinski definition) is 4. The zero-order valence-electron chi connectivity index (χ0n) is 14.5. The number of nitrogens with zero attached hydrogens (tertiary/aromatic N) is 2. The van der Waals surface area contributed by atoms with Gasteiger partial charge in [-0.05, 0) is 42.3 Å². The molecule has 0 radical (unpaired) electrons. The van der Waals surface area contributed by atoms with E-state index in [1.54, 1.807) is 14.2 Å². The van der Waals surface area contributed by atoms with E-state index in [-0.39, 0.29) is 5.91 Å². The lowest BCUT2D eigenvalue weighted by molar-refractivity contribution is -0.116. The van der Waals surface area contributed by atoms with Crippen molar-refractivity contribution >= 4 is 29.5 Å². The summed E-state index contributed by atoms with van der Waals surface area (Å²) in [4.78, 5) is 11.9. The number of amides is 1. The number of rotatable bonds is 5. The number of hydrogen-bond donors (Lipinski definition) is 0. The molecule has 5 heteroatoms. The monoisotopic (exact) mass is 336 g/mol. The van der Waals surface area contributed by atoms with Crippen LogP contribution in [0.4, 0.5) is 5.69 Å². The van der Waals surface area contributed by atoms with Crippen LogP contribution in [0.1, 0.15) is 24.5 Å². The van der Waals surface area contributed by atoms with E-state index >= 15 is 0 Å². The number of carbonyl (C=O) groups is 1. The van der Waals surface area contributed by atoms with E-state index in [1.165, 1.54) is 5.01 Å². The lowest BCUT2D eigenvalue weighted by Crippen LogP contribution is -2.19. The van der Waals surface area contributed by atoms with E-state index < -0.39 is 0 Å². The first kappa shape index (κ1) is 16.8. The first-order valence-corrected chi connectivity index (χ1v) is 7.98. The summed E-state index contributed by atoms with van der Waals surface area (Å²) >= 11 is 0. The molecule has 1 heterocycles. The van der Waals surface area contributed by atoms with Crippen molar-refractivity contribution in [2.75, 3.05) is 19.2 Å². The first-order chi connectivity index (χ1) is 12.1. The van der Waals surface area contributed by atoms with Gasteiger partial charge in [0.2, 0.25) is 0 Å². The maximum atomic E-state index is 11.9. The Morgan fingerprint density at radius 3 is 2.20 bits per heavy atom. The second-order valence-corrected chi connectivity index (χ2v) is 5.76. The van der Waals surface area contributed by atoms with E-state index in [9.17, 15) is 4.79 Å². The molecule has 3 rings (SSSR count). The van der Waals surface area contributed by atoms with Crippen LogP contribution in [0.25, 0.3) is 12.2 Å². The van der Waals surface area contributed by atoms with E-state index in [0.29, 0.717) is 17.9 Å². The van der Waals surface area contributed by atoms with Crippen LogP contribution in [0.5, 0.6) is 11.5 Å². The molecule has 2 aromatic carbocycles. The van der Waals surface area contributed by atoms with Gasteiger partial charge >= 0.3 is 0 Å². The molecule has 1 amide bonds. The standard InChI is InChI=1S/C20H20N2O3/c1-14-12-20(23)22(21-14)17-9-6-15(7-10-17)4-5-16-8-11-18(24-2)19(13-16)25-3/h4-11,13H,12H2,1-3H3. The minimum atomic E-state index is 0.00567. The summed E-state index contributed by atoms with van der Waals surface area (Å²) < 4.78 is 10.6. The average molecular weight is 336 g/mol. The van der Waals surface area contributed by atoms with Crippen LogP contribution in [0.15, 0.2) is 47.6 Å². The van der Waals surface area contributed by atoms with Crippen LogP contribution in [0.2, 0.25) is 0 Å². The lowest BCUT2D eigenvalue weighted by atomic mass is 10.1. The molecule has 0 fully saturated rings. The highest BCUT2D eigenvalue weighted by Crippen LogP contribution is 2.28. The predicted octanol–water partition coefficient (Wildman–Crippen LogP) is 3.99. The molecule has 0 aromatic heterocycles. The summed E-state index contributed by atoms with van der Waals surface area (Å²) in [5, 5.41) is 5.71. The lowest BCUT2D eigenvalue weighted by Gasteiger charge is -2.11. The number of methoxy groups -OCH3 is 2. The number of hydrazone groups is 1. The van der Waals surface area contributed by atoms with Gasteiger partial charge in [0.25, 0.3) is 5.91 Å². The Hall–Kier alpha value is -3.08. The molecule has 1 aliphatic heterocycles. The van der Waals surface area contributed by atoms with Crippen LogP contribution in [-0.4, -0.2) is 25.8 Å². The largest absolute Gasteiger partial charge is 0.493 e. The van der Waals surface area contributed by atoms with E-state index in [2.05, 4.69) is 5.10 Å². The quantitative estimate of drug-likeness (QED) is 0.776. The van der Waals surface area contributed by atoms with E-state index in [0.717, 1.165) is 22.5 Å². The Labute approximate surface area is 147 Å². The molecule has 0 N–H and O–H groups in total. The summed E-state index contributed by atoms with van der Waals surface area (Å²) in [5.74, 6) is 1.40. The van der Waals surface area contributed by atoms with Gasteiger partial charge in [0.15, 0.2) is 11.5 Å². The van der Waals surface area contributed by atoms with Crippen molar-refractivity contribution < 1.29 is 14.3 Å². The van der Waals surface area contributed by atoms with E-state index in [1.807, 2.05) is 61.5 Å². The Kier molecular flexibility index (Phi) is 4.84. The molecule has 0 atom stereocenters. The molecule has 0 saturated heterocycles. The number of carbonyl (C=O) groups excluding carboxylic acids is 1. The van der Waals surface area contributed by atoms with Gasteiger partial charge in [-0.25, -0.2) is 5.01 Å². The summed E-state index contributed by atoms with van der Waals surface area (Å²) in [5.41, 5.74) is 3.66. The van der Waals surface area contributed by atoms with Crippen molar-refractivity contribution in [2.24, 2.45) is 5.10 Å². The zero-order chi connectivity index (χ0) is 17.8. The van der Waals surface area contributed by atoms with Gasteiger partial charge in [-0.2, -0.15) is 5.10 Å². The molecule has 0 spiro atoms. The minimum Gasteiger partial charge on any atom is -0.493 e. The fourth-order valence-electron chi connectivity index (χ4n) is 2.63. The smallest absolute Gasteiger partial charge is 0.253 e. The molecule has 1 aliphatic rings. The highest BCUT2D eigenvalue weighted by molar-refractivity contribution is 6.12. The Morgan fingerprint density at radius 2 is 1.60 bits per heavy atom. The molecular weight excluding hydrogens is 316 g/mol. The Bertz CT molecular complexity index is 839. The van der Waals surface area contributed by atoms with Gasteiger partial charge in [-0.15, -0.1) is 0 Å². The summed E-state index contributed by atoms with van der Waals surface area (Å²) in [6, 6.07) is 13.5. The highest BCUT2D eigenvalue weighted by Gasteiger charge is 2.22. The fourth-order valence-corrected chi connectivity index (χ4v) is 2.63. The topological polar surface area (TPSA) is 51.1 Å². The predicted molar refractivity (Wildman–Crippen MR) is 100 cm³/mol. The molecule has 25 heavy (non-hydrogen) atoms. The highest BCUT2D eigenvalue weighted by atomic mass is 16.5. The van der Waals surface area contributed by atoms with Gasteiger partial charge in [0.05, 0.1) is 26.3 Å². The fraction of sp³-hybridized carbons (Fsp3) is 0.200. The first-order valence-electron chi connectivity index (χ1n) is 7.98. The molecule has 0 saturated carbocycles. The number of benzene rings is 2. The maximum absolute atomic E-state index is 11.9. The van der Waals surface area contributed by atoms with Gasteiger partial charge in [0, 0.05) is 5.71 Å². The minimum absolute atomic E-state index is 0.00567. The van der Waals surface area contributed by atoms with Crippen LogP contribution in [0.3, 0.4) is 0 Å². The third-order valence-electron chi connectivity index (χ3n) is 3.93. The normalized spacial score (nSPS) is 14.1. The van der Waals surface area contributed by atoms with Crippen molar-refractivity contribution in [1.82, 2.24) is 0 Å². The third-order valence-corrected chi connectivity index (χ3v) is 3.93. The van der Waals surface area contributed by atoms with Crippen molar-refractivity contribution in [3.05, 3.63) is 53.6 Å². The van der Waals surface area contributed by atoms with Gasteiger partial charge < -0.3 is 9.47 Å². The Morgan fingerprint density at radius 1 is 0.960 bits per heavy atom. The molecule has 128 valence electrons. The number of ether oxygens (including phenoxy) is 2. The van der Waals surface area contributed by atoms with Crippen molar-refractivity contribution in [1.29, 1.82) is 0 Å². The molecule has 2 aromatic rings. The van der Waals surface area contributed by atoms with Gasteiger partial charge in [0.1, 0.15) is 0 Å². The van der Waals surface area contributed by atoms with Crippen LogP contribution < -0.4 is 14.5 Å². The van der Waals surface area contributed by atoms with Crippen LogP contribution >= 0.6 is 0 Å². The van der Waals surface area contributed by atoms with Crippen molar-refractivity contribution in [3.63, 3.8) is 0 Å². The van der Waals surface area contributed by atoms with Gasteiger partial charge in [-0.1, -0.05) is 30.4 Å². The molecule has 0 aliphatic carbocycles. The molecule has 0 bridgehead atoms.